The summed E-state index contributed by atoms with van der Waals surface area (Å²) in [5.41, 5.74) is 1.01. The smallest absolute Gasteiger partial charge is 0.300 e. The van der Waals surface area contributed by atoms with Crippen molar-refractivity contribution in [3.05, 3.63) is 82.3 Å². The Bertz CT molecular complexity index is 997. The molecular formula is C18H13F3N4O. The van der Waals surface area contributed by atoms with Crippen LogP contribution in [-0.2, 0) is 6.54 Å². The van der Waals surface area contributed by atoms with Crippen LogP contribution in [0, 0.1) is 5.41 Å². The third kappa shape index (κ3) is 4.02. The van der Waals surface area contributed by atoms with Gasteiger partial charge in [0.1, 0.15) is 6.54 Å². The molecule has 0 atom stereocenters. The topological polar surface area (TPSA) is 71.6 Å². The number of benzene rings is 2. The van der Waals surface area contributed by atoms with Gasteiger partial charge in [0.05, 0.1) is 11.9 Å². The second-order valence-corrected chi connectivity index (χ2v) is 5.51. The predicted molar refractivity (Wildman–Crippen MR) is 90.2 cm³/mol. The number of halogens is 3. The Balaban J connectivity index is 1.97. The molecule has 0 saturated carbocycles. The van der Waals surface area contributed by atoms with Gasteiger partial charge >= 0.3 is 6.18 Å². The molecule has 1 aromatic heterocycles. The molecule has 26 heavy (non-hydrogen) atoms. The van der Waals surface area contributed by atoms with Crippen LogP contribution in [0.15, 0.2) is 65.6 Å². The Hall–Kier alpha value is -3.29. The molecule has 0 bridgehead atoms. The summed E-state index contributed by atoms with van der Waals surface area (Å²) in [6.45, 7) is -1.49. The van der Waals surface area contributed by atoms with Crippen molar-refractivity contribution >= 4 is 5.71 Å². The molecule has 0 spiro atoms. The highest BCUT2D eigenvalue weighted by atomic mass is 19.4. The van der Waals surface area contributed by atoms with Crippen molar-refractivity contribution in [1.82, 2.24) is 14.8 Å². The van der Waals surface area contributed by atoms with Crippen LogP contribution in [0.2, 0.25) is 0 Å². The van der Waals surface area contributed by atoms with Gasteiger partial charge in [-0.25, -0.2) is 9.67 Å². The lowest BCUT2D eigenvalue weighted by molar-refractivity contribution is -0.143. The zero-order valence-corrected chi connectivity index (χ0v) is 13.4. The number of hydrogen-bond donors (Lipinski definition) is 1. The average molecular weight is 358 g/mol. The number of nitrogens with one attached hydrogen (secondary N) is 1. The Morgan fingerprint density at radius 2 is 1.73 bits per heavy atom. The fourth-order valence-corrected chi connectivity index (χ4v) is 2.37. The van der Waals surface area contributed by atoms with Gasteiger partial charge in [0.2, 0.25) is 0 Å². The monoisotopic (exact) mass is 358 g/mol. The Labute approximate surface area is 146 Å². The largest absolute Gasteiger partial charge is 0.408 e. The molecular weight excluding hydrogens is 345 g/mol. The molecule has 5 nitrogen and oxygen atoms in total. The minimum absolute atomic E-state index is 0.0171. The van der Waals surface area contributed by atoms with Gasteiger partial charge in [-0.1, -0.05) is 48.5 Å². The second-order valence-electron chi connectivity index (χ2n) is 5.51. The molecule has 2 aromatic carbocycles. The maximum absolute atomic E-state index is 12.6. The first kappa shape index (κ1) is 17.5. The number of nitrogens with zero attached hydrogens (tertiary/aromatic N) is 3. The first-order chi connectivity index (χ1) is 12.3. The van der Waals surface area contributed by atoms with Crippen molar-refractivity contribution in [2.24, 2.45) is 0 Å². The van der Waals surface area contributed by atoms with Gasteiger partial charge in [0, 0.05) is 11.1 Å². The average Bonchev–Trinajstić information content (AvgIpc) is 2.63. The van der Waals surface area contributed by atoms with Crippen molar-refractivity contribution in [2.45, 2.75) is 12.7 Å². The summed E-state index contributed by atoms with van der Waals surface area (Å²) in [6.07, 6.45) is -3.75. The highest BCUT2D eigenvalue weighted by Gasteiger charge is 2.29. The molecule has 0 amide bonds. The van der Waals surface area contributed by atoms with Gasteiger partial charge < -0.3 is 0 Å². The van der Waals surface area contributed by atoms with E-state index in [1.54, 1.807) is 36.4 Å². The summed E-state index contributed by atoms with van der Waals surface area (Å²) in [5, 5.41) is 12.0. The molecule has 0 aliphatic carbocycles. The molecule has 8 heteroatoms. The molecule has 0 saturated heterocycles. The lowest BCUT2D eigenvalue weighted by Crippen LogP contribution is -2.30. The molecule has 0 aliphatic heterocycles. The molecule has 0 radical (unpaired) electrons. The van der Waals surface area contributed by atoms with E-state index in [1.165, 1.54) is 0 Å². The van der Waals surface area contributed by atoms with Crippen molar-refractivity contribution < 1.29 is 13.2 Å². The van der Waals surface area contributed by atoms with Crippen LogP contribution in [0.5, 0.6) is 0 Å². The summed E-state index contributed by atoms with van der Waals surface area (Å²) in [7, 11) is 0. The number of rotatable bonds is 4. The minimum Gasteiger partial charge on any atom is -0.300 e. The fourth-order valence-electron chi connectivity index (χ4n) is 2.37. The summed E-state index contributed by atoms with van der Waals surface area (Å²) in [5.74, 6) is -0.0171. The quantitative estimate of drug-likeness (QED) is 0.728. The first-order valence-electron chi connectivity index (χ1n) is 7.59. The van der Waals surface area contributed by atoms with Crippen LogP contribution in [0.4, 0.5) is 13.2 Å². The van der Waals surface area contributed by atoms with E-state index in [4.69, 9.17) is 5.41 Å². The molecule has 0 fully saturated rings. The number of aromatic nitrogens is 3. The third-order valence-corrected chi connectivity index (χ3v) is 3.57. The van der Waals surface area contributed by atoms with E-state index < -0.39 is 18.3 Å². The Morgan fingerprint density at radius 1 is 1.04 bits per heavy atom. The zero-order valence-electron chi connectivity index (χ0n) is 13.4. The van der Waals surface area contributed by atoms with Gasteiger partial charge in [-0.15, -0.1) is 5.10 Å². The van der Waals surface area contributed by atoms with Crippen LogP contribution >= 0.6 is 0 Å². The van der Waals surface area contributed by atoms with Crippen LogP contribution in [0.3, 0.4) is 0 Å². The summed E-state index contributed by atoms with van der Waals surface area (Å²) < 4.78 is 38.0. The Morgan fingerprint density at radius 3 is 2.42 bits per heavy atom. The standard InChI is InChI=1S/C18H13F3N4O/c19-18(20,21)11-25-15(26)10-23-17(24-25)14-8-4-7-13(9-14)16(22)12-5-2-1-3-6-12/h1-10,22H,11H2. The third-order valence-electron chi connectivity index (χ3n) is 3.57. The molecule has 1 N–H and O–H groups in total. The normalized spacial score (nSPS) is 11.3. The van der Waals surface area contributed by atoms with Crippen LogP contribution in [0.25, 0.3) is 11.4 Å². The van der Waals surface area contributed by atoms with E-state index >= 15 is 0 Å². The summed E-state index contributed by atoms with van der Waals surface area (Å²) >= 11 is 0. The molecule has 3 rings (SSSR count). The van der Waals surface area contributed by atoms with E-state index in [0.29, 0.717) is 21.4 Å². The van der Waals surface area contributed by atoms with Crippen molar-refractivity contribution in [2.75, 3.05) is 0 Å². The maximum atomic E-state index is 12.6. The van der Waals surface area contributed by atoms with Crippen molar-refractivity contribution in [3.63, 3.8) is 0 Å². The molecule has 132 valence electrons. The van der Waals surface area contributed by atoms with Gasteiger partial charge in [0.25, 0.3) is 5.56 Å². The van der Waals surface area contributed by atoms with Crippen LogP contribution in [-0.4, -0.2) is 26.7 Å². The summed E-state index contributed by atoms with van der Waals surface area (Å²) in [6, 6.07) is 15.6. The van der Waals surface area contributed by atoms with E-state index in [9.17, 15) is 18.0 Å². The van der Waals surface area contributed by atoms with E-state index in [1.807, 2.05) is 18.2 Å². The number of alkyl halides is 3. The van der Waals surface area contributed by atoms with Gasteiger partial charge in [0.15, 0.2) is 5.82 Å². The molecule has 1 heterocycles. The van der Waals surface area contributed by atoms with Crippen LogP contribution < -0.4 is 5.56 Å². The lowest BCUT2D eigenvalue weighted by atomic mass is 10.0. The highest BCUT2D eigenvalue weighted by Crippen LogP contribution is 2.19. The van der Waals surface area contributed by atoms with Crippen molar-refractivity contribution in [3.8, 4) is 11.4 Å². The van der Waals surface area contributed by atoms with E-state index in [0.717, 1.165) is 6.20 Å². The van der Waals surface area contributed by atoms with E-state index in [2.05, 4.69) is 10.1 Å². The molecule has 0 unspecified atom stereocenters. The minimum atomic E-state index is -4.56. The lowest BCUT2D eigenvalue weighted by Gasteiger charge is -2.10. The Kier molecular flexibility index (Phi) is 4.66. The first-order valence-corrected chi connectivity index (χ1v) is 7.59. The van der Waals surface area contributed by atoms with Gasteiger partial charge in [-0.3, -0.25) is 10.2 Å². The number of hydrogen-bond acceptors (Lipinski definition) is 4. The predicted octanol–water partition coefficient (Wildman–Crippen LogP) is 3.28. The van der Waals surface area contributed by atoms with E-state index in [-0.39, 0.29) is 11.5 Å². The van der Waals surface area contributed by atoms with Gasteiger partial charge in [-0.05, 0) is 11.6 Å². The van der Waals surface area contributed by atoms with Crippen LogP contribution in [0.1, 0.15) is 11.1 Å². The molecule has 0 aliphatic rings. The highest BCUT2D eigenvalue weighted by molar-refractivity contribution is 6.11. The SMILES string of the molecule is N=C(c1ccccc1)c1cccc(-c2ncc(=O)n(CC(F)(F)F)n2)c1. The second kappa shape index (κ2) is 6.91. The molecule has 3 aromatic rings. The van der Waals surface area contributed by atoms with Gasteiger partial charge in [-0.2, -0.15) is 13.2 Å². The summed E-state index contributed by atoms with van der Waals surface area (Å²) in [4.78, 5) is 15.4. The maximum Gasteiger partial charge on any atom is 0.408 e. The van der Waals surface area contributed by atoms with Crippen molar-refractivity contribution in [1.29, 1.82) is 5.41 Å². The zero-order chi connectivity index (χ0) is 18.7. The fraction of sp³-hybridized carbons (Fsp3) is 0.111.